The van der Waals surface area contributed by atoms with Crippen LogP contribution in [0.3, 0.4) is 0 Å². The molecule has 0 aromatic heterocycles. The van der Waals surface area contributed by atoms with Crippen molar-refractivity contribution in [2.75, 3.05) is 27.7 Å². The van der Waals surface area contributed by atoms with Gasteiger partial charge in [-0.25, -0.2) is 0 Å². The quantitative estimate of drug-likeness (QED) is 0.214. The summed E-state index contributed by atoms with van der Waals surface area (Å²) in [6.07, 6.45) is 9.62. The van der Waals surface area contributed by atoms with E-state index in [1.165, 1.54) is 0 Å². The molecular formula is C19H31NO6. The normalized spacial score (nSPS) is 13.2. The predicted molar refractivity (Wildman–Crippen MR) is 96.0 cm³/mol. The van der Waals surface area contributed by atoms with Gasteiger partial charge in [-0.05, 0) is 25.7 Å². The zero-order valence-corrected chi connectivity index (χ0v) is 16.0. The number of quaternary nitrogens is 1. The Balaban J connectivity index is 4.01. The summed E-state index contributed by atoms with van der Waals surface area (Å²) in [5, 5.41) is 19.3. The number of esters is 1. The molecule has 148 valence electrons. The summed E-state index contributed by atoms with van der Waals surface area (Å²) in [6.45, 7) is 0.409. The molecule has 0 heterocycles. The second kappa shape index (κ2) is 13.1. The molecule has 7 heteroatoms. The van der Waals surface area contributed by atoms with Crippen molar-refractivity contribution in [3.8, 4) is 0 Å². The van der Waals surface area contributed by atoms with E-state index in [-0.39, 0.29) is 19.3 Å². The lowest BCUT2D eigenvalue weighted by molar-refractivity contribution is -0.873. The monoisotopic (exact) mass is 369 g/mol. The zero-order valence-electron chi connectivity index (χ0n) is 16.0. The van der Waals surface area contributed by atoms with E-state index in [2.05, 4.69) is 0 Å². The van der Waals surface area contributed by atoms with Crippen LogP contribution < -0.4 is 5.11 Å². The lowest BCUT2D eigenvalue weighted by atomic mass is 10.2. The van der Waals surface area contributed by atoms with Crippen LogP contribution >= 0.6 is 0 Å². The molecular weight excluding hydrogens is 338 g/mol. The number of aliphatic carboxylic acids is 2. The number of hydrogen-bond acceptors (Lipinski definition) is 5. The maximum Gasteiger partial charge on any atom is 0.306 e. The van der Waals surface area contributed by atoms with Crippen molar-refractivity contribution >= 4 is 17.9 Å². The molecule has 0 aromatic rings. The van der Waals surface area contributed by atoms with Crippen LogP contribution in [0.15, 0.2) is 24.3 Å². The molecule has 0 saturated carbocycles. The Bertz CT molecular complexity index is 505. The number of rotatable bonds is 14. The predicted octanol–water partition coefficient (Wildman–Crippen LogP) is 1.28. The summed E-state index contributed by atoms with van der Waals surface area (Å²) in [4.78, 5) is 33.0. The SMILES string of the molecule is C[N+](C)(C)CC(CC(=O)[O-])OC(=O)CCC/C=C/C=C/CCCC(=O)O. The van der Waals surface area contributed by atoms with Gasteiger partial charge in [0.1, 0.15) is 6.54 Å². The second-order valence-corrected chi connectivity index (χ2v) is 7.20. The summed E-state index contributed by atoms with van der Waals surface area (Å²) >= 11 is 0. The smallest absolute Gasteiger partial charge is 0.306 e. The van der Waals surface area contributed by atoms with Gasteiger partial charge in [0.05, 0.1) is 21.1 Å². The highest BCUT2D eigenvalue weighted by molar-refractivity contribution is 5.70. The van der Waals surface area contributed by atoms with Crippen molar-refractivity contribution in [3.05, 3.63) is 24.3 Å². The first kappa shape index (κ1) is 23.9. The molecule has 0 spiro atoms. The highest BCUT2D eigenvalue weighted by Crippen LogP contribution is 2.08. The van der Waals surface area contributed by atoms with Gasteiger partial charge < -0.3 is 24.2 Å². The molecule has 0 amide bonds. The lowest BCUT2D eigenvalue weighted by Gasteiger charge is -2.29. The third-order valence-electron chi connectivity index (χ3n) is 3.34. The first-order valence-corrected chi connectivity index (χ1v) is 8.83. The molecule has 26 heavy (non-hydrogen) atoms. The first-order chi connectivity index (χ1) is 12.1. The fourth-order valence-corrected chi connectivity index (χ4v) is 2.27. The van der Waals surface area contributed by atoms with E-state index in [0.29, 0.717) is 30.3 Å². The molecule has 0 saturated heterocycles. The minimum atomic E-state index is -1.23. The highest BCUT2D eigenvalue weighted by atomic mass is 16.5. The number of unbranched alkanes of at least 4 members (excludes halogenated alkanes) is 2. The van der Waals surface area contributed by atoms with Crippen LogP contribution in [-0.4, -0.2) is 61.3 Å². The summed E-state index contributed by atoms with van der Waals surface area (Å²) < 4.78 is 5.76. The van der Waals surface area contributed by atoms with Gasteiger partial charge in [-0.15, -0.1) is 0 Å². The van der Waals surface area contributed by atoms with Gasteiger partial charge in [0, 0.05) is 25.2 Å². The number of allylic oxidation sites excluding steroid dienone is 4. The molecule has 0 aromatic carbocycles. The Morgan fingerprint density at radius 3 is 2.04 bits per heavy atom. The van der Waals surface area contributed by atoms with Crippen molar-refractivity contribution in [1.29, 1.82) is 0 Å². The second-order valence-electron chi connectivity index (χ2n) is 7.20. The van der Waals surface area contributed by atoms with Crippen molar-refractivity contribution in [2.45, 2.75) is 51.0 Å². The topological polar surface area (TPSA) is 104 Å². The molecule has 0 rings (SSSR count). The van der Waals surface area contributed by atoms with E-state index in [9.17, 15) is 19.5 Å². The van der Waals surface area contributed by atoms with E-state index < -0.39 is 24.0 Å². The van der Waals surface area contributed by atoms with Crippen LogP contribution in [0, 0.1) is 0 Å². The van der Waals surface area contributed by atoms with Crippen LogP contribution in [0.25, 0.3) is 0 Å². The largest absolute Gasteiger partial charge is 0.550 e. The summed E-state index contributed by atoms with van der Waals surface area (Å²) in [5.41, 5.74) is 0. The van der Waals surface area contributed by atoms with Gasteiger partial charge in [0.15, 0.2) is 6.10 Å². The van der Waals surface area contributed by atoms with E-state index in [1.54, 1.807) is 0 Å². The molecule has 1 unspecified atom stereocenters. The van der Waals surface area contributed by atoms with Gasteiger partial charge in [0.25, 0.3) is 0 Å². The summed E-state index contributed by atoms with van der Waals surface area (Å²) in [5.74, 6) is -2.42. The van der Waals surface area contributed by atoms with E-state index in [4.69, 9.17) is 9.84 Å². The fraction of sp³-hybridized carbons (Fsp3) is 0.632. The van der Waals surface area contributed by atoms with E-state index in [0.717, 1.165) is 6.42 Å². The Labute approximate surface area is 155 Å². The Kier molecular flexibility index (Phi) is 12.0. The van der Waals surface area contributed by atoms with Gasteiger partial charge >= 0.3 is 11.9 Å². The number of hydrogen-bond donors (Lipinski definition) is 1. The Hall–Kier alpha value is -2.15. The number of ether oxygens (including phenoxy) is 1. The van der Waals surface area contributed by atoms with Crippen LogP contribution in [0.1, 0.15) is 44.9 Å². The molecule has 0 bridgehead atoms. The lowest BCUT2D eigenvalue weighted by Crippen LogP contribution is -2.45. The summed E-state index contributed by atoms with van der Waals surface area (Å²) in [7, 11) is 5.70. The average Bonchev–Trinajstić information content (AvgIpc) is 2.46. The van der Waals surface area contributed by atoms with Gasteiger partial charge in [0.2, 0.25) is 0 Å². The average molecular weight is 369 g/mol. The zero-order chi connectivity index (χ0) is 20.0. The first-order valence-electron chi connectivity index (χ1n) is 8.83. The molecule has 0 fully saturated rings. The van der Waals surface area contributed by atoms with Gasteiger partial charge in [-0.3, -0.25) is 9.59 Å². The molecule has 0 aliphatic rings. The molecule has 7 nitrogen and oxygen atoms in total. The maximum atomic E-state index is 11.9. The minimum absolute atomic E-state index is 0.170. The third kappa shape index (κ3) is 16.7. The maximum absolute atomic E-state index is 11.9. The number of nitrogens with zero attached hydrogens (tertiary/aromatic N) is 1. The summed E-state index contributed by atoms with van der Waals surface area (Å²) in [6, 6.07) is 0. The number of carbonyl (C=O) groups is 3. The van der Waals surface area contributed by atoms with E-state index in [1.807, 2.05) is 45.4 Å². The van der Waals surface area contributed by atoms with Crippen LogP contribution in [0.5, 0.6) is 0 Å². The molecule has 0 radical (unpaired) electrons. The highest BCUT2D eigenvalue weighted by Gasteiger charge is 2.22. The molecule has 1 N–H and O–H groups in total. The van der Waals surface area contributed by atoms with Crippen LogP contribution in [0.2, 0.25) is 0 Å². The van der Waals surface area contributed by atoms with Crippen molar-refractivity contribution in [2.24, 2.45) is 0 Å². The van der Waals surface area contributed by atoms with Gasteiger partial charge in [-0.2, -0.15) is 0 Å². The Morgan fingerprint density at radius 1 is 1.04 bits per heavy atom. The van der Waals surface area contributed by atoms with Crippen LogP contribution in [-0.2, 0) is 19.1 Å². The van der Waals surface area contributed by atoms with Crippen LogP contribution in [0.4, 0.5) is 0 Å². The fourth-order valence-electron chi connectivity index (χ4n) is 2.27. The Morgan fingerprint density at radius 2 is 1.58 bits per heavy atom. The van der Waals surface area contributed by atoms with Crippen molar-refractivity contribution in [1.82, 2.24) is 0 Å². The number of likely N-dealkylation sites (N-methyl/N-ethyl adjacent to an activating group) is 1. The standard InChI is InChI=1S/C19H31NO6/c1-20(2,3)15-16(14-18(23)24)26-19(25)13-11-9-7-5-4-6-8-10-12-17(21)22/h4-7,16H,8-15H2,1-3H3,(H-,21,22,23,24)/b6-4+,7-5+. The number of carboxylic acids is 2. The van der Waals surface area contributed by atoms with Gasteiger partial charge in [-0.1, -0.05) is 24.3 Å². The molecule has 0 aliphatic heterocycles. The van der Waals surface area contributed by atoms with Crippen molar-refractivity contribution in [3.63, 3.8) is 0 Å². The number of carboxylic acid groups (broad SMARTS) is 2. The molecule has 1 atom stereocenters. The minimum Gasteiger partial charge on any atom is -0.550 e. The van der Waals surface area contributed by atoms with Crippen molar-refractivity contribution < 1.29 is 33.8 Å². The number of carbonyl (C=O) groups excluding carboxylic acids is 2. The molecule has 0 aliphatic carbocycles. The third-order valence-corrected chi connectivity index (χ3v) is 3.34. The van der Waals surface area contributed by atoms with E-state index >= 15 is 0 Å².